The third-order valence-corrected chi connectivity index (χ3v) is 3.56. The van der Waals surface area contributed by atoms with Crippen molar-refractivity contribution in [2.45, 2.75) is 13.0 Å². The number of hydrogen-bond donors (Lipinski definition) is 2. The van der Waals surface area contributed by atoms with E-state index in [4.69, 9.17) is 0 Å². The second kappa shape index (κ2) is 9.12. The zero-order chi connectivity index (χ0) is 18.9. The molecule has 0 saturated carbocycles. The number of hydrazone groups is 1. The van der Waals surface area contributed by atoms with Gasteiger partial charge in [0.05, 0.1) is 24.9 Å². The Kier molecular flexibility index (Phi) is 6.61. The molecule has 0 aliphatic rings. The van der Waals surface area contributed by atoms with Crippen LogP contribution in [0, 0.1) is 0 Å². The van der Waals surface area contributed by atoms with Gasteiger partial charge in [-0.2, -0.15) is 5.10 Å². The molecule has 7 nitrogen and oxygen atoms in total. The first-order chi connectivity index (χ1) is 12.5. The Balaban J connectivity index is 1.86. The highest BCUT2D eigenvalue weighted by atomic mass is 16.5. The van der Waals surface area contributed by atoms with E-state index in [1.165, 1.54) is 13.3 Å². The van der Waals surface area contributed by atoms with Crippen LogP contribution in [0.25, 0.3) is 0 Å². The highest BCUT2D eigenvalue weighted by Crippen LogP contribution is 2.10. The summed E-state index contributed by atoms with van der Waals surface area (Å²) in [5.74, 6) is -2.08. The minimum absolute atomic E-state index is 0.302. The molecule has 7 heteroatoms. The van der Waals surface area contributed by atoms with Gasteiger partial charge in [-0.3, -0.25) is 9.59 Å². The summed E-state index contributed by atoms with van der Waals surface area (Å²) in [5.41, 5.74) is 4.11. The molecule has 2 rings (SSSR count). The molecule has 0 radical (unpaired) electrons. The summed E-state index contributed by atoms with van der Waals surface area (Å²) < 4.78 is 4.60. The van der Waals surface area contributed by atoms with Crippen LogP contribution in [0.3, 0.4) is 0 Å². The van der Waals surface area contributed by atoms with Gasteiger partial charge in [0.2, 0.25) is 0 Å². The number of amides is 2. The molecule has 0 aromatic heterocycles. The summed E-state index contributed by atoms with van der Waals surface area (Å²) in [6.07, 6.45) is 1.37. The van der Waals surface area contributed by atoms with Crippen molar-refractivity contribution in [1.29, 1.82) is 0 Å². The van der Waals surface area contributed by atoms with Gasteiger partial charge < -0.3 is 10.1 Å². The van der Waals surface area contributed by atoms with E-state index in [9.17, 15) is 14.4 Å². The summed E-state index contributed by atoms with van der Waals surface area (Å²) >= 11 is 0. The van der Waals surface area contributed by atoms with E-state index in [2.05, 4.69) is 20.6 Å². The second-order valence-electron chi connectivity index (χ2n) is 5.42. The normalized spacial score (nSPS) is 11.6. The largest absolute Gasteiger partial charge is 0.465 e. The number of methoxy groups -OCH3 is 1. The van der Waals surface area contributed by atoms with E-state index in [0.717, 1.165) is 5.56 Å². The van der Waals surface area contributed by atoms with Gasteiger partial charge in [-0.1, -0.05) is 42.5 Å². The smallest absolute Gasteiger partial charge is 0.337 e. The molecule has 2 N–H and O–H groups in total. The van der Waals surface area contributed by atoms with E-state index in [1.807, 2.05) is 30.3 Å². The first-order valence-electron chi connectivity index (χ1n) is 7.88. The van der Waals surface area contributed by atoms with Gasteiger partial charge in [-0.25, -0.2) is 10.2 Å². The molecule has 0 aliphatic carbocycles. The van der Waals surface area contributed by atoms with Crippen LogP contribution >= 0.6 is 0 Å². The number of nitrogens with zero attached hydrogens (tertiary/aromatic N) is 1. The maximum absolute atomic E-state index is 11.9. The van der Waals surface area contributed by atoms with Crippen molar-refractivity contribution in [1.82, 2.24) is 10.7 Å². The van der Waals surface area contributed by atoms with Crippen molar-refractivity contribution in [2.24, 2.45) is 5.10 Å². The maximum Gasteiger partial charge on any atom is 0.337 e. The third kappa shape index (κ3) is 5.27. The lowest BCUT2D eigenvalue weighted by Gasteiger charge is -2.13. The van der Waals surface area contributed by atoms with E-state index >= 15 is 0 Å². The minimum atomic E-state index is -0.866. The second-order valence-corrected chi connectivity index (χ2v) is 5.42. The van der Waals surface area contributed by atoms with Gasteiger partial charge in [-0.15, -0.1) is 0 Å². The summed E-state index contributed by atoms with van der Waals surface area (Å²) in [7, 11) is 1.30. The standard InChI is InChI=1S/C19H19N3O4/c1-13(15-6-4-3-5-7-15)21-17(23)18(24)22-20-12-14-8-10-16(11-9-14)19(25)26-2/h3-13H,1-2H3,(H,21,23)(H,22,24)/b20-12+. The fraction of sp³-hybridized carbons (Fsp3) is 0.158. The molecular formula is C19H19N3O4. The SMILES string of the molecule is COC(=O)c1ccc(/C=N/NC(=O)C(=O)NC(C)c2ccccc2)cc1. The molecule has 2 aromatic rings. The topological polar surface area (TPSA) is 96.9 Å². The Morgan fingerprint density at radius 2 is 1.65 bits per heavy atom. The van der Waals surface area contributed by atoms with Crippen molar-refractivity contribution in [2.75, 3.05) is 7.11 Å². The fourth-order valence-electron chi connectivity index (χ4n) is 2.13. The van der Waals surface area contributed by atoms with Crippen LogP contribution in [0.5, 0.6) is 0 Å². The number of esters is 1. The molecule has 1 atom stereocenters. The number of rotatable bonds is 5. The quantitative estimate of drug-likeness (QED) is 0.371. The number of carbonyl (C=O) groups is 3. The molecule has 0 fully saturated rings. The van der Waals surface area contributed by atoms with Gasteiger partial charge >= 0.3 is 17.8 Å². The predicted molar refractivity (Wildman–Crippen MR) is 96.5 cm³/mol. The summed E-state index contributed by atoms with van der Waals surface area (Å²) in [6.45, 7) is 1.78. The lowest BCUT2D eigenvalue weighted by molar-refractivity contribution is -0.139. The highest BCUT2D eigenvalue weighted by molar-refractivity contribution is 6.35. The number of benzene rings is 2. The van der Waals surface area contributed by atoms with E-state index in [0.29, 0.717) is 11.1 Å². The first-order valence-corrected chi connectivity index (χ1v) is 7.88. The Labute approximate surface area is 151 Å². The zero-order valence-corrected chi connectivity index (χ0v) is 14.4. The summed E-state index contributed by atoms with van der Waals surface area (Å²) in [5, 5.41) is 6.33. The van der Waals surface area contributed by atoms with Crippen molar-refractivity contribution < 1.29 is 19.1 Å². The molecule has 0 aliphatic heterocycles. The number of carbonyl (C=O) groups excluding carboxylic acids is 3. The Morgan fingerprint density at radius 3 is 2.27 bits per heavy atom. The van der Waals surface area contributed by atoms with Crippen molar-refractivity contribution in [3.8, 4) is 0 Å². The fourth-order valence-corrected chi connectivity index (χ4v) is 2.13. The van der Waals surface area contributed by atoms with Crippen LogP contribution in [0.4, 0.5) is 0 Å². The van der Waals surface area contributed by atoms with Crippen LogP contribution in [-0.2, 0) is 14.3 Å². The van der Waals surface area contributed by atoms with Gasteiger partial charge in [0, 0.05) is 0 Å². The van der Waals surface area contributed by atoms with E-state index < -0.39 is 17.8 Å². The molecular weight excluding hydrogens is 334 g/mol. The number of nitrogens with one attached hydrogen (secondary N) is 2. The first kappa shape index (κ1) is 18.9. The molecule has 0 bridgehead atoms. The van der Waals surface area contributed by atoms with Crippen LogP contribution in [0.2, 0.25) is 0 Å². The average Bonchev–Trinajstić information content (AvgIpc) is 2.68. The molecule has 2 aromatic carbocycles. The van der Waals surface area contributed by atoms with Crippen molar-refractivity contribution in [3.63, 3.8) is 0 Å². The molecule has 0 saturated heterocycles. The van der Waals surface area contributed by atoms with Crippen LogP contribution in [0.1, 0.15) is 34.5 Å². The predicted octanol–water partition coefficient (Wildman–Crippen LogP) is 1.80. The summed E-state index contributed by atoms with van der Waals surface area (Å²) in [6, 6.07) is 15.4. The van der Waals surface area contributed by atoms with Gasteiger partial charge in [0.1, 0.15) is 0 Å². The molecule has 134 valence electrons. The van der Waals surface area contributed by atoms with Gasteiger partial charge in [0.15, 0.2) is 0 Å². The lowest BCUT2D eigenvalue weighted by Crippen LogP contribution is -2.39. The Bertz CT molecular complexity index is 801. The van der Waals surface area contributed by atoms with Gasteiger partial charge in [0.25, 0.3) is 0 Å². The van der Waals surface area contributed by atoms with Crippen LogP contribution in [0.15, 0.2) is 59.7 Å². The molecule has 26 heavy (non-hydrogen) atoms. The van der Waals surface area contributed by atoms with Crippen molar-refractivity contribution >= 4 is 24.0 Å². The van der Waals surface area contributed by atoms with Crippen molar-refractivity contribution in [3.05, 3.63) is 71.3 Å². The van der Waals surface area contributed by atoms with E-state index in [1.54, 1.807) is 31.2 Å². The average molecular weight is 353 g/mol. The molecule has 0 spiro atoms. The van der Waals surface area contributed by atoms with Gasteiger partial charge in [-0.05, 0) is 30.2 Å². The molecule has 2 amide bonds. The van der Waals surface area contributed by atoms with E-state index in [-0.39, 0.29) is 6.04 Å². The van der Waals surface area contributed by atoms with Crippen LogP contribution < -0.4 is 10.7 Å². The lowest BCUT2D eigenvalue weighted by atomic mass is 10.1. The number of ether oxygens (including phenoxy) is 1. The summed E-state index contributed by atoms with van der Waals surface area (Å²) in [4.78, 5) is 35.0. The van der Waals surface area contributed by atoms with Crippen LogP contribution in [-0.4, -0.2) is 31.1 Å². The number of hydrogen-bond acceptors (Lipinski definition) is 5. The zero-order valence-electron chi connectivity index (χ0n) is 14.4. The molecule has 0 heterocycles. The third-order valence-electron chi connectivity index (χ3n) is 3.56. The highest BCUT2D eigenvalue weighted by Gasteiger charge is 2.16. The Hall–Kier alpha value is -3.48. The minimum Gasteiger partial charge on any atom is -0.465 e. The Morgan fingerprint density at radius 1 is 1.00 bits per heavy atom. The monoisotopic (exact) mass is 353 g/mol. The molecule has 1 unspecified atom stereocenters. The maximum atomic E-state index is 11.9.